The van der Waals surface area contributed by atoms with E-state index in [4.69, 9.17) is 16.3 Å². The molecule has 0 saturated carbocycles. The van der Waals surface area contributed by atoms with Gasteiger partial charge in [0, 0.05) is 13.1 Å². The van der Waals surface area contributed by atoms with Gasteiger partial charge in [0.2, 0.25) is 0 Å². The first kappa shape index (κ1) is 21.7. The molecule has 6 nitrogen and oxygen atoms in total. The fourth-order valence-electron chi connectivity index (χ4n) is 3.89. The Morgan fingerprint density at radius 2 is 1.90 bits per heavy atom. The highest BCUT2D eigenvalue weighted by Crippen LogP contribution is 2.27. The lowest BCUT2D eigenvalue weighted by Crippen LogP contribution is -2.37. The van der Waals surface area contributed by atoms with Crippen molar-refractivity contribution in [3.05, 3.63) is 46.2 Å². The van der Waals surface area contributed by atoms with Gasteiger partial charge in [0.05, 0.1) is 24.4 Å². The molecule has 1 saturated heterocycles. The van der Waals surface area contributed by atoms with Crippen molar-refractivity contribution in [3.8, 4) is 5.75 Å². The van der Waals surface area contributed by atoms with E-state index in [1.807, 2.05) is 19.1 Å². The number of aryl methyl sites for hydroxylation is 1. The molecule has 1 aliphatic rings. The lowest BCUT2D eigenvalue weighted by Gasteiger charge is -2.28. The van der Waals surface area contributed by atoms with Gasteiger partial charge in [-0.15, -0.1) is 0 Å². The fraction of sp³-hybridized carbons (Fsp3) is 0.545. The predicted molar refractivity (Wildman–Crippen MR) is 116 cm³/mol. The largest absolute Gasteiger partial charge is 0.497 e. The molecule has 0 radical (unpaired) electrons. The van der Waals surface area contributed by atoms with Gasteiger partial charge in [-0.25, -0.2) is 0 Å². The molecule has 1 unspecified atom stereocenters. The first-order valence-corrected chi connectivity index (χ1v) is 10.7. The number of rotatable bonds is 8. The number of methoxy groups -OCH3 is 1. The monoisotopic (exact) mass is 418 g/mol. The fourth-order valence-corrected chi connectivity index (χ4v) is 4.22. The zero-order chi connectivity index (χ0) is 21.0. The van der Waals surface area contributed by atoms with Crippen LogP contribution < -0.4 is 10.1 Å². The first-order chi connectivity index (χ1) is 13.9. The SMILES string of the molecule is COc1ccc(C(CNC(=O)c2c(C)nn(CC(C)C)c2Cl)N2CCCC2)cc1. The minimum absolute atomic E-state index is 0.122. The molecule has 1 aliphatic heterocycles. The number of hydrogen-bond donors (Lipinski definition) is 1. The number of nitrogens with zero attached hydrogens (tertiary/aromatic N) is 3. The molecule has 0 bridgehead atoms. The average molecular weight is 419 g/mol. The van der Waals surface area contributed by atoms with Crippen molar-refractivity contribution in [2.24, 2.45) is 5.92 Å². The molecule has 2 heterocycles. The Bertz CT molecular complexity index is 826. The van der Waals surface area contributed by atoms with E-state index in [2.05, 4.69) is 41.3 Å². The third kappa shape index (κ3) is 5.11. The Morgan fingerprint density at radius 1 is 1.24 bits per heavy atom. The zero-order valence-corrected chi connectivity index (χ0v) is 18.5. The maximum absolute atomic E-state index is 12.9. The predicted octanol–water partition coefficient (Wildman–Crippen LogP) is 4.08. The summed E-state index contributed by atoms with van der Waals surface area (Å²) in [5, 5.41) is 7.97. The van der Waals surface area contributed by atoms with Gasteiger partial charge in [0.25, 0.3) is 5.91 Å². The van der Waals surface area contributed by atoms with Gasteiger partial charge >= 0.3 is 0 Å². The van der Waals surface area contributed by atoms with E-state index in [0.29, 0.717) is 35.4 Å². The Kier molecular flexibility index (Phi) is 7.19. The molecule has 1 N–H and O–H groups in total. The lowest BCUT2D eigenvalue weighted by molar-refractivity contribution is 0.0937. The number of hydrogen-bond acceptors (Lipinski definition) is 4. The number of carbonyl (C=O) groups is 1. The topological polar surface area (TPSA) is 59.4 Å². The van der Waals surface area contributed by atoms with E-state index < -0.39 is 0 Å². The quantitative estimate of drug-likeness (QED) is 0.701. The molecular weight excluding hydrogens is 388 g/mol. The normalized spacial score (nSPS) is 15.7. The maximum Gasteiger partial charge on any atom is 0.256 e. The molecule has 1 atom stereocenters. The van der Waals surface area contributed by atoms with Crippen LogP contribution >= 0.6 is 11.6 Å². The van der Waals surface area contributed by atoms with Crippen LogP contribution in [0.5, 0.6) is 5.75 Å². The van der Waals surface area contributed by atoms with Gasteiger partial charge in [-0.3, -0.25) is 14.4 Å². The van der Waals surface area contributed by atoms with Gasteiger partial charge in [-0.1, -0.05) is 37.6 Å². The van der Waals surface area contributed by atoms with Crippen LogP contribution in [-0.2, 0) is 6.54 Å². The number of halogens is 1. The van der Waals surface area contributed by atoms with Gasteiger partial charge in [-0.05, 0) is 56.5 Å². The number of carbonyl (C=O) groups excluding carboxylic acids is 1. The smallest absolute Gasteiger partial charge is 0.256 e. The molecule has 0 aliphatic carbocycles. The number of amides is 1. The molecule has 1 aromatic heterocycles. The number of benzene rings is 1. The third-order valence-electron chi connectivity index (χ3n) is 5.37. The zero-order valence-electron chi connectivity index (χ0n) is 17.7. The van der Waals surface area contributed by atoms with E-state index in [1.165, 1.54) is 18.4 Å². The van der Waals surface area contributed by atoms with Crippen molar-refractivity contribution < 1.29 is 9.53 Å². The molecule has 29 heavy (non-hydrogen) atoms. The van der Waals surface area contributed by atoms with Crippen LogP contribution in [0.25, 0.3) is 0 Å². The van der Waals surface area contributed by atoms with Crippen molar-refractivity contribution >= 4 is 17.5 Å². The van der Waals surface area contributed by atoms with Gasteiger partial charge in [0.1, 0.15) is 10.9 Å². The van der Waals surface area contributed by atoms with Crippen molar-refractivity contribution in [2.75, 3.05) is 26.7 Å². The number of aromatic nitrogens is 2. The van der Waals surface area contributed by atoms with Gasteiger partial charge in [0.15, 0.2) is 0 Å². The first-order valence-electron chi connectivity index (χ1n) is 10.3. The highest BCUT2D eigenvalue weighted by atomic mass is 35.5. The summed E-state index contributed by atoms with van der Waals surface area (Å²) in [5.74, 6) is 1.07. The second-order valence-electron chi connectivity index (χ2n) is 8.07. The Hall–Kier alpha value is -2.05. The standard InChI is InChI=1S/C22H31ClN4O2/c1-15(2)14-27-21(23)20(16(3)25-27)22(28)24-13-19(26-11-5-6-12-26)17-7-9-18(29-4)10-8-17/h7-10,15,19H,5-6,11-14H2,1-4H3,(H,24,28). The van der Waals surface area contributed by atoms with Crippen LogP contribution in [0.4, 0.5) is 0 Å². The molecule has 1 fully saturated rings. The van der Waals surface area contributed by atoms with Crippen LogP contribution in [0.3, 0.4) is 0 Å². The van der Waals surface area contributed by atoms with Crippen molar-refractivity contribution in [1.29, 1.82) is 0 Å². The van der Waals surface area contributed by atoms with Crippen LogP contribution in [0.2, 0.25) is 5.15 Å². The molecule has 2 aromatic rings. The van der Waals surface area contributed by atoms with E-state index in [9.17, 15) is 4.79 Å². The molecule has 7 heteroatoms. The summed E-state index contributed by atoms with van der Waals surface area (Å²) in [4.78, 5) is 15.4. The van der Waals surface area contributed by atoms with Crippen molar-refractivity contribution in [3.63, 3.8) is 0 Å². The van der Waals surface area contributed by atoms with E-state index >= 15 is 0 Å². The van der Waals surface area contributed by atoms with Crippen LogP contribution in [0, 0.1) is 12.8 Å². The van der Waals surface area contributed by atoms with Gasteiger partial charge in [-0.2, -0.15) is 5.10 Å². The average Bonchev–Trinajstić information content (AvgIpc) is 3.31. The molecular formula is C22H31ClN4O2. The van der Waals surface area contributed by atoms with E-state index in [-0.39, 0.29) is 11.9 Å². The summed E-state index contributed by atoms with van der Waals surface area (Å²) >= 11 is 6.48. The summed E-state index contributed by atoms with van der Waals surface area (Å²) in [6, 6.07) is 8.21. The Labute approximate surface area is 178 Å². The molecule has 158 valence electrons. The summed E-state index contributed by atoms with van der Waals surface area (Å²) in [6.45, 7) is 9.33. The summed E-state index contributed by atoms with van der Waals surface area (Å²) in [5.41, 5.74) is 2.31. The van der Waals surface area contributed by atoms with Crippen LogP contribution in [-0.4, -0.2) is 47.3 Å². The molecule has 0 spiro atoms. The summed E-state index contributed by atoms with van der Waals surface area (Å²) in [7, 11) is 1.67. The second kappa shape index (κ2) is 9.63. The highest BCUT2D eigenvalue weighted by Gasteiger charge is 2.26. The third-order valence-corrected chi connectivity index (χ3v) is 5.75. The summed E-state index contributed by atoms with van der Waals surface area (Å²) < 4.78 is 7.00. The Morgan fingerprint density at radius 3 is 2.48 bits per heavy atom. The molecule has 3 rings (SSSR count). The Balaban J connectivity index is 1.75. The minimum Gasteiger partial charge on any atom is -0.497 e. The number of ether oxygens (including phenoxy) is 1. The van der Waals surface area contributed by atoms with Crippen LogP contribution in [0.1, 0.15) is 54.3 Å². The maximum atomic E-state index is 12.9. The van der Waals surface area contributed by atoms with Crippen molar-refractivity contribution in [2.45, 2.75) is 46.2 Å². The minimum atomic E-state index is -0.166. The highest BCUT2D eigenvalue weighted by molar-refractivity contribution is 6.33. The number of nitrogens with one attached hydrogen (secondary N) is 1. The number of likely N-dealkylation sites (tertiary alicyclic amines) is 1. The van der Waals surface area contributed by atoms with Crippen LogP contribution in [0.15, 0.2) is 24.3 Å². The summed E-state index contributed by atoms with van der Waals surface area (Å²) in [6.07, 6.45) is 2.38. The second-order valence-corrected chi connectivity index (χ2v) is 8.43. The molecule has 1 amide bonds. The lowest BCUT2D eigenvalue weighted by atomic mass is 10.0. The van der Waals surface area contributed by atoms with E-state index in [0.717, 1.165) is 18.8 Å². The van der Waals surface area contributed by atoms with Gasteiger partial charge < -0.3 is 10.1 Å². The van der Waals surface area contributed by atoms with E-state index in [1.54, 1.807) is 11.8 Å². The van der Waals surface area contributed by atoms with Crippen molar-refractivity contribution in [1.82, 2.24) is 20.0 Å². The molecule has 1 aromatic carbocycles.